The topological polar surface area (TPSA) is 43.1 Å². The maximum Gasteiger partial charge on any atom is 0.434 e. The summed E-state index contributed by atoms with van der Waals surface area (Å²) in [5.41, 5.74) is 1.53. The summed E-state index contributed by atoms with van der Waals surface area (Å²) < 4.78 is 43.8. The molecule has 0 amide bonds. The predicted molar refractivity (Wildman–Crippen MR) is 90.7 cm³/mol. The Morgan fingerprint density at radius 1 is 1.04 bits per heavy atom. The number of halogens is 3. The molecule has 0 radical (unpaired) electrons. The van der Waals surface area contributed by atoms with Crippen LogP contribution in [0.3, 0.4) is 0 Å². The molecule has 0 saturated carbocycles. The van der Waals surface area contributed by atoms with Gasteiger partial charge in [-0.15, -0.1) is 0 Å². The summed E-state index contributed by atoms with van der Waals surface area (Å²) in [6.07, 6.45) is 0.784. The van der Waals surface area contributed by atoms with Crippen LogP contribution >= 0.6 is 0 Å². The number of hydrogen-bond acceptors (Lipinski definition) is 3. The van der Waals surface area contributed by atoms with Gasteiger partial charge in [-0.3, -0.25) is 9.78 Å². The van der Waals surface area contributed by atoms with E-state index >= 15 is 0 Å². The van der Waals surface area contributed by atoms with E-state index in [1.54, 1.807) is 12.5 Å². The van der Waals surface area contributed by atoms with E-state index in [4.69, 9.17) is 4.42 Å². The number of pyridine rings is 1. The van der Waals surface area contributed by atoms with Gasteiger partial charge >= 0.3 is 6.18 Å². The van der Waals surface area contributed by atoms with Crippen molar-refractivity contribution >= 4 is 5.78 Å². The Morgan fingerprint density at radius 3 is 2.46 bits per heavy atom. The number of furan rings is 1. The van der Waals surface area contributed by atoms with Gasteiger partial charge in [-0.1, -0.05) is 24.3 Å². The second-order valence-corrected chi connectivity index (χ2v) is 5.88. The molecule has 2 heterocycles. The number of ketones is 1. The highest BCUT2D eigenvalue weighted by Gasteiger charge is 2.36. The zero-order valence-electron chi connectivity index (χ0n) is 13.8. The van der Waals surface area contributed by atoms with Crippen LogP contribution < -0.4 is 0 Å². The average molecular weight is 359 g/mol. The smallest absolute Gasteiger partial charge is 0.434 e. The molecule has 3 aromatic rings. The van der Waals surface area contributed by atoms with Crippen LogP contribution in [0.25, 0.3) is 11.1 Å². The van der Waals surface area contributed by atoms with Gasteiger partial charge in [0.2, 0.25) is 0 Å². The van der Waals surface area contributed by atoms with Crippen LogP contribution in [-0.2, 0) is 12.6 Å². The first-order valence-electron chi connectivity index (χ1n) is 8.12. The number of carbonyl (C=O) groups is 1. The van der Waals surface area contributed by atoms with Gasteiger partial charge < -0.3 is 4.42 Å². The molecule has 0 spiro atoms. The lowest BCUT2D eigenvalue weighted by Gasteiger charge is -2.10. The Morgan fingerprint density at radius 2 is 1.81 bits per heavy atom. The minimum absolute atomic E-state index is 0.0399. The fraction of sp³-hybridized carbons (Fsp3) is 0.200. The lowest BCUT2D eigenvalue weighted by atomic mass is 10.00. The van der Waals surface area contributed by atoms with Crippen molar-refractivity contribution in [1.82, 2.24) is 4.98 Å². The molecular weight excluding hydrogens is 343 g/mol. The summed E-state index contributed by atoms with van der Waals surface area (Å²) in [7, 11) is 0. The van der Waals surface area contributed by atoms with Crippen LogP contribution in [0.1, 0.15) is 34.5 Å². The SMILES string of the molecule is O=C(CCCc1ccc(-c2ccoc2)cc1)c1cccnc1C(F)(F)F. The van der Waals surface area contributed by atoms with E-state index in [0.717, 1.165) is 22.9 Å². The fourth-order valence-electron chi connectivity index (χ4n) is 2.74. The Kier molecular flexibility index (Phi) is 5.21. The Bertz CT molecular complexity index is 869. The molecule has 6 heteroatoms. The molecule has 26 heavy (non-hydrogen) atoms. The minimum Gasteiger partial charge on any atom is -0.472 e. The van der Waals surface area contributed by atoms with Gasteiger partial charge in [0, 0.05) is 23.7 Å². The molecule has 0 aliphatic rings. The number of alkyl halides is 3. The maximum atomic E-state index is 12.9. The standard InChI is InChI=1S/C20H16F3NO2/c21-20(22,23)19-17(4-2-11-24-19)18(25)5-1-3-14-6-8-15(9-7-14)16-10-12-26-13-16/h2,4,6-13H,1,3,5H2. The van der Waals surface area contributed by atoms with Gasteiger partial charge in [0.25, 0.3) is 0 Å². The van der Waals surface area contributed by atoms with Crippen molar-refractivity contribution in [3.05, 3.63) is 78.0 Å². The van der Waals surface area contributed by atoms with Crippen molar-refractivity contribution in [3.63, 3.8) is 0 Å². The first-order chi connectivity index (χ1) is 12.4. The molecule has 2 aromatic heterocycles. The van der Waals surface area contributed by atoms with Crippen molar-refractivity contribution in [2.45, 2.75) is 25.4 Å². The molecule has 134 valence electrons. The van der Waals surface area contributed by atoms with E-state index in [1.165, 1.54) is 12.1 Å². The largest absolute Gasteiger partial charge is 0.472 e. The third-order valence-electron chi connectivity index (χ3n) is 4.05. The highest BCUT2D eigenvalue weighted by atomic mass is 19.4. The molecule has 0 aliphatic carbocycles. The summed E-state index contributed by atoms with van der Waals surface area (Å²) in [6, 6.07) is 12.2. The summed E-state index contributed by atoms with van der Waals surface area (Å²) in [4.78, 5) is 15.5. The summed E-state index contributed by atoms with van der Waals surface area (Å²) in [5.74, 6) is -0.541. The summed E-state index contributed by atoms with van der Waals surface area (Å²) in [5, 5.41) is 0. The number of rotatable bonds is 6. The molecule has 1 aromatic carbocycles. The molecule has 0 bridgehead atoms. The lowest BCUT2D eigenvalue weighted by molar-refractivity contribution is -0.141. The summed E-state index contributed by atoms with van der Waals surface area (Å²) >= 11 is 0. The third kappa shape index (κ3) is 4.20. The molecule has 3 nitrogen and oxygen atoms in total. The van der Waals surface area contributed by atoms with Crippen LogP contribution in [0.15, 0.2) is 65.6 Å². The minimum atomic E-state index is -4.63. The van der Waals surface area contributed by atoms with Crippen molar-refractivity contribution in [2.24, 2.45) is 0 Å². The zero-order valence-corrected chi connectivity index (χ0v) is 13.8. The van der Waals surface area contributed by atoms with E-state index in [0.29, 0.717) is 12.8 Å². The molecule has 0 saturated heterocycles. The number of aromatic nitrogens is 1. The van der Waals surface area contributed by atoms with Crippen LogP contribution in [0.2, 0.25) is 0 Å². The second-order valence-electron chi connectivity index (χ2n) is 5.88. The number of hydrogen-bond donors (Lipinski definition) is 0. The number of Topliss-reactive ketones (excluding diaryl/α,β-unsaturated/α-hetero) is 1. The van der Waals surface area contributed by atoms with Gasteiger partial charge in [0.05, 0.1) is 12.5 Å². The van der Waals surface area contributed by atoms with Crippen LogP contribution in [0.4, 0.5) is 13.2 Å². The molecule has 0 aliphatic heterocycles. The van der Waals surface area contributed by atoms with Crippen molar-refractivity contribution < 1.29 is 22.4 Å². The van der Waals surface area contributed by atoms with Crippen LogP contribution in [0.5, 0.6) is 0 Å². The number of benzene rings is 1. The summed E-state index contributed by atoms with van der Waals surface area (Å²) in [6.45, 7) is 0. The predicted octanol–water partition coefficient (Wildman–Crippen LogP) is 5.57. The Balaban J connectivity index is 1.59. The monoisotopic (exact) mass is 359 g/mol. The van der Waals surface area contributed by atoms with Gasteiger partial charge in [-0.2, -0.15) is 13.2 Å². The van der Waals surface area contributed by atoms with E-state index in [-0.39, 0.29) is 12.0 Å². The first-order valence-corrected chi connectivity index (χ1v) is 8.12. The Hall–Kier alpha value is -2.89. The fourth-order valence-corrected chi connectivity index (χ4v) is 2.74. The molecule has 3 rings (SSSR count). The number of carbonyl (C=O) groups excluding carboxylic acids is 1. The van der Waals surface area contributed by atoms with Gasteiger partial charge in [0.1, 0.15) is 0 Å². The average Bonchev–Trinajstić information content (AvgIpc) is 3.16. The van der Waals surface area contributed by atoms with E-state index in [1.807, 2.05) is 30.3 Å². The number of nitrogens with zero attached hydrogens (tertiary/aromatic N) is 1. The zero-order chi connectivity index (χ0) is 18.6. The van der Waals surface area contributed by atoms with E-state index < -0.39 is 17.7 Å². The highest BCUT2D eigenvalue weighted by molar-refractivity contribution is 5.97. The Labute approximate surface area is 148 Å². The lowest BCUT2D eigenvalue weighted by Crippen LogP contribution is -2.15. The molecule has 0 unspecified atom stereocenters. The van der Waals surface area contributed by atoms with Crippen LogP contribution in [0, 0.1) is 0 Å². The maximum absolute atomic E-state index is 12.9. The highest BCUT2D eigenvalue weighted by Crippen LogP contribution is 2.30. The van der Waals surface area contributed by atoms with Gasteiger partial charge in [-0.25, -0.2) is 0 Å². The van der Waals surface area contributed by atoms with Gasteiger partial charge in [0.15, 0.2) is 11.5 Å². The third-order valence-corrected chi connectivity index (χ3v) is 4.05. The molecule has 0 atom stereocenters. The van der Waals surface area contributed by atoms with Gasteiger partial charge in [-0.05, 0) is 42.2 Å². The molecular formula is C20H16F3NO2. The number of aryl methyl sites for hydroxylation is 1. The van der Waals surface area contributed by atoms with Crippen molar-refractivity contribution in [2.75, 3.05) is 0 Å². The van der Waals surface area contributed by atoms with E-state index in [2.05, 4.69) is 4.98 Å². The van der Waals surface area contributed by atoms with E-state index in [9.17, 15) is 18.0 Å². The molecule has 0 N–H and O–H groups in total. The quantitative estimate of drug-likeness (QED) is 0.541. The van der Waals surface area contributed by atoms with Crippen molar-refractivity contribution in [3.8, 4) is 11.1 Å². The van der Waals surface area contributed by atoms with Crippen LogP contribution in [-0.4, -0.2) is 10.8 Å². The normalized spacial score (nSPS) is 11.5. The molecule has 0 fully saturated rings. The second kappa shape index (κ2) is 7.56. The van der Waals surface area contributed by atoms with Crippen molar-refractivity contribution in [1.29, 1.82) is 0 Å². The first kappa shape index (κ1) is 17.9.